The van der Waals surface area contributed by atoms with Crippen LogP contribution in [-0.4, -0.2) is 9.97 Å². The molecule has 16 heavy (non-hydrogen) atoms. The molecule has 0 amide bonds. The van der Waals surface area contributed by atoms with Crippen molar-refractivity contribution >= 4 is 17.2 Å². The summed E-state index contributed by atoms with van der Waals surface area (Å²) in [7, 11) is 0. The minimum Gasteiger partial charge on any atom is -0.456 e. The Morgan fingerprint density at radius 1 is 1.12 bits per heavy atom. The normalized spacial score (nSPS) is 9.75. The molecule has 3 nitrogen and oxygen atoms in total. The highest BCUT2D eigenvalue weighted by atomic mass is 32.1. The Bertz CT molecular complexity index is 482. The fourth-order valence-corrected chi connectivity index (χ4v) is 1.37. The lowest BCUT2D eigenvalue weighted by Crippen LogP contribution is -2.08. The molecule has 2 aromatic rings. The van der Waals surface area contributed by atoms with Crippen LogP contribution in [-0.2, 0) is 0 Å². The lowest BCUT2D eigenvalue weighted by molar-refractivity contribution is 0.480. The van der Waals surface area contributed by atoms with Crippen molar-refractivity contribution in [3.05, 3.63) is 54.4 Å². The van der Waals surface area contributed by atoms with Crippen LogP contribution in [0.3, 0.4) is 0 Å². The first-order chi connectivity index (χ1) is 7.75. The van der Waals surface area contributed by atoms with E-state index in [1.807, 2.05) is 36.4 Å². The fourth-order valence-electron chi connectivity index (χ4n) is 1.23. The van der Waals surface area contributed by atoms with Crippen molar-refractivity contribution in [1.82, 2.24) is 4.98 Å². The third-order valence-corrected chi connectivity index (χ3v) is 2.24. The number of benzene rings is 1. The monoisotopic (exact) mass is 230 g/mol. The number of hydrogen-bond donors (Lipinski definition) is 1. The number of thiocarbonyl (C=S) groups is 1. The summed E-state index contributed by atoms with van der Waals surface area (Å²) in [5, 5.41) is 0. The number of rotatable bonds is 3. The van der Waals surface area contributed by atoms with Crippen molar-refractivity contribution in [2.45, 2.75) is 0 Å². The van der Waals surface area contributed by atoms with Crippen molar-refractivity contribution in [1.29, 1.82) is 0 Å². The molecular weight excluding hydrogens is 220 g/mol. The van der Waals surface area contributed by atoms with Crippen LogP contribution in [0.4, 0.5) is 0 Å². The molecule has 0 aliphatic carbocycles. The van der Waals surface area contributed by atoms with Gasteiger partial charge in [-0.05, 0) is 36.4 Å². The Morgan fingerprint density at radius 2 is 1.88 bits per heavy atom. The lowest BCUT2D eigenvalue weighted by Gasteiger charge is -2.05. The molecule has 1 aromatic heterocycles. The number of pyridine rings is 1. The number of nitrogens with two attached hydrogens (primary N) is 1. The van der Waals surface area contributed by atoms with Gasteiger partial charge < -0.3 is 10.5 Å². The van der Waals surface area contributed by atoms with Crippen LogP contribution in [0.25, 0.3) is 0 Å². The lowest BCUT2D eigenvalue weighted by atomic mass is 10.2. The van der Waals surface area contributed by atoms with Gasteiger partial charge in [0.25, 0.3) is 0 Å². The summed E-state index contributed by atoms with van der Waals surface area (Å²) in [6.45, 7) is 0. The molecule has 0 aliphatic rings. The molecule has 1 aromatic carbocycles. The minimum absolute atomic E-state index is 0.382. The first-order valence-corrected chi connectivity index (χ1v) is 5.14. The van der Waals surface area contributed by atoms with Crippen LogP contribution in [0, 0.1) is 0 Å². The van der Waals surface area contributed by atoms with Crippen molar-refractivity contribution < 1.29 is 4.74 Å². The molecule has 0 aliphatic heterocycles. The molecule has 0 bridgehead atoms. The van der Waals surface area contributed by atoms with Crippen molar-refractivity contribution in [2.75, 3.05) is 0 Å². The van der Waals surface area contributed by atoms with Gasteiger partial charge in [0, 0.05) is 11.8 Å². The highest BCUT2D eigenvalue weighted by Crippen LogP contribution is 2.20. The van der Waals surface area contributed by atoms with Gasteiger partial charge in [0.15, 0.2) is 0 Å². The Labute approximate surface area is 98.9 Å². The van der Waals surface area contributed by atoms with Gasteiger partial charge in [0.05, 0.1) is 6.20 Å². The largest absolute Gasteiger partial charge is 0.456 e. The van der Waals surface area contributed by atoms with Crippen LogP contribution in [0.2, 0.25) is 0 Å². The van der Waals surface area contributed by atoms with Crippen LogP contribution in [0.5, 0.6) is 11.5 Å². The molecular formula is C12H10N2OS. The van der Waals surface area contributed by atoms with Crippen LogP contribution in [0.15, 0.2) is 48.8 Å². The molecule has 0 saturated heterocycles. The predicted molar refractivity (Wildman–Crippen MR) is 66.6 cm³/mol. The SMILES string of the molecule is NC(=S)c1ccc(Oc2cccnc2)cc1. The van der Waals surface area contributed by atoms with Gasteiger partial charge in [0.1, 0.15) is 16.5 Å². The van der Waals surface area contributed by atoms with Crippen LogP contribution < -0.4 is 10.5 Å². The Morgan fingerprint density at radius 3 is 2.44 bits per heavy atom. The summed E-state index contributed by atoms with van der Waals surface area (Å²) >= 11 is 4.86. The van der Waals surface area contributed by atoms with Gasteiger partial charge in [-0.1, -0.05) is 12.2 Å². The summed E-state index contributed by atoms with van der Waals surface area (Å²) < 4.78 is 5.57. The van der Waals surface area contributed by atoms with Crippen LogP contribution in [0.1, 0.15) is 5.56 Å². The predicted octanol–water partition coefficient (Wildman–Crippen LogP) is 2.51. The smallest absolute Gasteiger partial charge is 0.145 e. The zero-order valence-electron chi connectivity index (χ0n) is 8.46. The highest BCUT2D eigenvalue weighted by Gasteiger charge is 1.98. The average molecular weight is 230 g/mol. The molecule has 0 atom stereocenters. The molecule has 0 radical (unpaired) electrons. The molecule has 0 spiro atoms. The molecule has 2 rings (SSSR count). The summed E-state index contributed by atoms with van der Waals surface area (Å²) in [6, 6.07) is 11.0. The summed E-state index contributed by atoms with van der Waals surface area (Å²) in [5.74, 6) is 1.43. The van der Waals surface area contributed by atoms with E-state index in [-0.39, 0.29) is 0 Å². The summed E-state index contributed by atoms with van der Waals surface area (Å²) in [6.07, 6.45) is 3.35. The quantitative estimate of drug-likeness (QED) is 0.823. The van der Waals surface area contributed by atoms with E-state index in [4.69, 9.17) is 22.7 Å². The number of ether oxygens (including phenoxy) is 1. The van der Waals surface area contributed by atoms with E-state index in [0.29, 0.717) is 10.7 Å². The zero-order valence-corrected chi connectivity index (χ0v) is 9.28. The fraction of sp³-hybridized carbons (Fsp3) is 0. The first kappa shape index (κ1) is 10.6. The maximum absolute atomic E-state index is 5.57. The second kappa shape index (κ2) is 4.72. The Hall–Kier alpha value is -1.94. The van der Waals surface area contributed by atoms with E-state index < -0.39 is 0 Å². The van der Waals surface area contributed by atoms with E-state index in [9.17, 15) is 0 Å². The molecule has 2 N–H and O–H groups in total. The van der Waals surface area contributed by atoms with Gasteiger partial charge in [-0.25, -0.2) is 0 Å². The molecule has 1 heterocycles. The second-order valence-corrected chi connectivity index (χ2v) is 3.62. The van der Waals surface area contributed by atoms with E-state index >= 15 is 0 Å². The topological polar surface area (TPSA) is 48.1 Å². The van der Waals surface area contributed by atoms with E-state index in [1.54, 1.807) is 12.4 Å². The van der Waals surface area contributed by atoms with Crippen molar-refractivity contribution in [3.8, 4) is 11.5 Å². The summed E-state index contributed by atoms with van der Waals surface area (Å²) in [4.78, 5) is 4.34. The minimum atomic E-state index is 0.382. The summed E-state index contributed by atoms with van der Waals surface area (Å²) in [5.41, 5.74) is 6.32. The first-order valence-electron chi connectivity index (χ1n) is 4.73. The average Bonchev–Trinajstić information content (AvgIpc) is 2.31. The van der Waals surface area contributed by atoms with Crippen LogP contribution >= 0.6 is 12.2 Å². The maximum Gasteiger partial charge on any atom is 0.145 e. The van der Waals surface area contributed by atoms with E-state index in [0.717, 1.165) is 11.3 Å². The molecule has 80 valence electrons. The Kier molecular flexibility index (Phi) is 3.12. The zero-order chi connectivity index (χ0) is 11.4. The maximum atomic E-state index is 5.57. The van der Waals surface area contributed by atoms with Gasteiger partial charge >= 0.3 is 0 Å². The molecule has 4 heteroatoms. The second-order valence-electron chi connectivity index (χ2n) is 3.18. The standard InChI is InChI=1S/C12H10N2OS/c13-12(16)9-3-5-10(6-4-9)15-11-2-1-7-14-8-11/h1-8H,(H2,13,16). The van der Waals surface area contributed by atoms with Gasteiger partial charge in [0.2, 0.25) is 0 Å². The Balaban J connectivity index is 2.14. The molecule has 0 saturated carbocycles. The third-order valence-electron chi connectivity index (χ3n) is 2.01. The molecule has 0 unspecified atom stereocenters. The third kappa shape index (κ3) is 2.55. The van der Waals surface area contributed by atoms with E-state index in [2.05, 4.69) is 4.98 Å². The van der Waals surface area contributed by atoms with Gasteiger partial charge in [-0.2, -0.15) is 0 Å². The van der Waals surface area contributed by atoms with Gasteiger partial charge in [-0.15, -0.1) is 0 Å². The van der Waals surface area contributed by atoms with E-state index in [1.165, 1.54) is 0 Å². The van der Waals surface area contributed by atoms with Gasteiger partial charge in [-0.3, -0.25) is 4.98 Å². The van der Waals surface area contributed by atoms with Crippen molar-refractivity contribution in [3.63, 3.8) is 0 Å². The number of aromatic nitrogens is 1. The van der Waals surface area contributed by atoms with Crippen molar-refractivity contribution in [2.24, 2.45) is 5.73 Å². The number of nitrogens with zero attached hydrogens (tertiary/aromatic N) is 1. The molecule has 0 fully saturated rings. The highest BCUT2D eigenvalue weighted by molar-refractivity contribution is 7.80. The number of hydrogen-bond acceptors (Lipinski definition) is 3.